The maximum atomic E-state index is 13.0. The summed E-state index contributed by atoms with van der Waals surface area (Å²) in [6.07, 6.45) is 0.548. The number of amides is 1. The number of carbonyl (C=O) groups excluding carboxylic acids is 2. The van der Waals surface area contributed by atoms with Gasteiger partial charge in [-0.25, -0.2) is 9.80 Å². The first-order valence-electron chi connectivity index (χ1n) is 11.0. The maximum Gasteiger partial charge on any atom is 0.344 e. The van der Waals surface area contributed by atoms with Gasteiger partial charge in [-0.15, -0.1) is 0 Å². The Morgan fingerprint density at radius 2 is 1.65 bits per heavy atom. The number of esters is 1. The first kappa shape index (κ1) is 23.0. The van der Waals surface area contributed by atoms with Gasteiger partial charge >= 0.3 is 5.97 Å². The van der Waals surface area contributed by atoms with Crippen LogP contribution in [0.2, 0.25) is 0 Å². The van der Waals surface area contributed by atoms with Gasteiger partial charge in [-0.2, -0.15) is 5.10 Å². The number of nitrogens with zero attached hydrogens (tertiary/aromatic N) is 2. The molecule has 0 bridgehead atoms. The first-order chi connectivity index (χ1) is 16.5. The minimum atomic E-state index is -0.621. The summed E-state index contributed by atoms with van der Waals surface area (Å²) in [6, 6.07) is 24.3. The van der Waals surface area contributed by atoms with Gasteiger partial charge in [0.05, 0.1) is 18.9 Å². The summed E-state index contributed by atoms with van der Waals surface area (Å²) in [5.41, 5.74) is 3.57. The quantitative estimate of drug-likeness (QED) is 0.470. The molecule has 0 radical (unpaired) electrons. The Hall–Kier alpha value is -4.13. The highest BCUT2D eigenvalue weighted by Crippen LogP contribution is 2.33. The summed E-state index contributed by atoms with van der Waals surface area (Å²) in [7, 11) is 1.61. The number of benzene rings is 3. The third kappa shape index (κ3) is 5.43. The van der Waals surface area contributed by atoms with Gasteiger partial charge in [0.15, 0.2) is 13.2 Å². The number of ether oxygens (including phenoxy) is 3. The highest BCUT2D eigenvalue weighted by Gasteiger charge is 2.33. The van der Waals surface area contributed by atoms with Gasteiger partial charge in [0.2, 0.25) is 0 Å². The third-order valence-electron chi connectivity index (χ3n) is 5.57. The van der Waals surface area contributed by atoms with E-state index in [0.29, 0.717) is 12.2 Å². The van der Waals surface area contributed by atoms with Crippen LogP contribution in [0.5, 0.6) is 11.5 Å². The molecule has 1 atom stereocenters. The lowest BCUT2D eigenvalue weighted by Gasteiger charge is -2.22. The Morgan fingerprint density at radius 3 is 2.35 bits per heavy atom. The van der Waals surface area contributed by atoms with E-state index >= 15 is 0 Å². The highest BCUT2D eigenvalue weighted by molar-refractivity contribution is 6.03. The van der Waals surface area contributed by atoms with Crippen molar-refractivity contribution in [2.24, 2.45) is 5.10 Å². The van der Waals surface area contributed by atoms with Crippen LogP contribution in [0.4, 0.5) is 0 Å². The van der Waals surface area contributed by atoms with Gasteiger partial charge in [0.1, 0.15) is 11.5 Å². The van der Waals surface area contributed by atoms with Gasteiger partial charge in [-0.1, -0.05) is 60.7 Å². The van der Waals surface area contributed by atoms with Gasteiger partial charge < -0.3 is 14.2 Å². The average Bonchev–Trinajstić information content (AvgIpc) is 3.33. The molecule has 0 fully saturated rings. The smallest absolute Gasteiger partial charge is 0.344 e. The number of methoxy groups -OCH3 is 1. The number of para-hydroxylation sites is 1. The van der Waals surface area contributed by atoms with Gasteiger partial charge in [0.25, 0.3) is 5.91 Å². The van der Waals surface area contributed by atoms with E-state index in [2.05, 4.69) is 5.10 Å². The molecule has 1 unspecified atom stereocenters. The molecule has 34 heavy (non-hydrogen) atoms. The minimum Gasteiger partial charge on any atom is -0.497 e. The Labute approximate surface area is 198 Å². The summed E-state index contributed by atoms with van der Waals surface area (Å²) in [5, 5.41) is 5.99. The van der Waals surface area contributed by atoms with Crippen LogP contribution < -0.4 is 9.47 Å². The fourth-order valence-electron chi connectivity index (χ4n) is 3.74. The molecule has 0 saturated heterocycles. The Balaban J connectivity index is 1.44. The van der Waals surface area contributed by atoms with Crippen LogP contribution in [0.1, 0.15) is 29.2 Å². The zero-order chi connectivity index (χ0) is 23.9. The number of hydrazone groups is 1. The lowest BCUT2D eigenvalue weighted by molar-refractivity contribution is -0.154. The van der Waals surface area contributed by atoms with Gasteiger partial charge in [-0.3, -0.25) is 4.79 Å². The second kappa shape index (κ2) is 10.7. The van der Waals surface area contributed by atoms with E-state index in [0.717, 1.165) is 28.2 Å². The van der Waals surface area contributed by atoms with Crippen LogP contribution in [0.3, 0.4) is 0 Å². The molecule has 0 aliphatic carbocycles. The van der Waals surface area contributed by atoms with Crippen LogP contribution in [-0.2, 0) is 14.3 Å². The number of hydrogen-bond donors (Lipinski definition) is 0. The van der Waals surface area contributed by atoms with Crippen molar-refractivity contribution in [1.82, 2.24) is 5.01 Å². The molecule has 0 saturated carbocycles. The zero-order valence-corrected chi connectivity index (χ0v) is 19.1. The van der Waals surface area contributed by atoms with Crippen LogP contribution in [-0.4, -0.2) is 42.9 Å². The molecule has 1 amide bonds. The Bertz CT molecular complexity index is 1180. The van der Waals surface area contributed by atoms with Crippen molar-refractivity contribution < 1.29 is 23.8 Å². The molecule has 3 aromatic rings. The molecule has 0 aromatic heterocycles. The number of aryl methyl sites for hydroxylation is 1. The van der Waals surface area contributed by atoms with E-state index in [1.165, 1.54) is 5.01 Å². The van der Waals surface area contributed by atoms with Crippen molar-refractivity contribution in [2.75, 3.05) is 20.3 Å². The number of rotatable bonds is 8. The highest BCUT2D eigenvalue weighted by atomic mass is 16.6. The summed E-state index contributed by atoms with van der Waals surface area (Å²) < 4.78 is 15.9. The van der Waals surface area contributed by atoms with Gasteiger partial charge in [-0.05, 0) is 41.8 Å². The second-order valence-corrected chi connectivity index (χ2v) is 7.86. The molecule has 4 rings (SSSR count). The minimum absolute atomic E-state index is 0.279. The second-order valence-electron chi connectivity index (χ2n) is 7.86. The molecular weight excluding hydrogens is 432 g/mol. The molecular formula is C27H26N2O5. The first-order valence-corrected chi connectivity index (χ1v) is 11.0. The van der Waals surface area contributed by atoms with Crippen LogP contribution in [0, 0.1) is 6.92 Å². The molecule has 1 aliphatic heterocycles. The van der Waals surface area contributed by atoms with Crippen molar-refractivity contribution in [2.45, 2.75) is 19.4 Å². The van der Waals surface area contributed by atoms with Crippen molar-refractivity contribution in [1.29, 1.82) is 0 Å². The molecule has 0 spiro atoms. The van der Waals surface area contributed by atoms with E-state index in [1.807, 2.05) is 79.7 Å². The lowest BCUT2D eigenvalue weighted by Crippen LogP contribution is -2.32. The topological polar surface area (TPSA) is 77.4 Å². The molecule has 7 nitrogen and oxygen atoms in total. The number of carbonyl (C=O) groups is 2. The fraction of sp³-hybridized carbons (Fsp3) is 0.222. The van der Waals surface area contributed by atoms with E-state index in [9.17, 15) is 9.59 Å². The van der Waals surface area contributed by atoms with E-state index in [4.69, 9.17) is 14.2 Å². The van der Waals surface area contributed by atoms with E-state index in [-0.39, 0.29) is 12.6 Å². The molecule has 0 N–H and O–H groups in total. The van der Waals surface area contributed by atoms with Crippen molar-refractivity contribution in [3.63, 3.8) is 0 Å². The van der Waals surface area contributed by atoms with Crippen LogP contribution in [0.15, 0.2) is 84.0 Å². The molecule has 1 heterocycles. The van der Waals surface area contributed by atoms with Crippen LogP contribution >= 0.6 is 0 Å². The normalized spacial score (nSPS) is 14.9. The predicted molar refractivity (Wildman–Crippen MR) is 128 cm³/mol. The summed E-state index contributed by atoms with van der Waals surface area (Å²) in [4.78, 5) is 25.2. The lowest BCUT2D eigenvalue weighted by atomic mass is 9.98. The monoisotopic (exact) mass is 458 g/mol. The largest absolute Gasteiger partial charge is 0.497 e. The van der Waals surface area contributed by atoms with E-state index in [1.54, 1.807) is 13.2 Å². The molecule has 3 aromatic carbocycles. The molecule has 1 aliphatic rings. The summed E-state index contributed by atoms with van der Waals surface area (Å²) in [6.45, 7) is 1.19. The van der Waals surface area contributed by atoms with Crippen molar-refractivity contribution in [3.8, 4) is 11.5 Å². The third-order valence-corrected chi connectivity index (χ3v) is 5.57. The molecule has 7 heteroatoms. The standard InChI is InChI=1S/C27H26N2O5/c1-19-8-6-7-11-25(19)33-18-27(31)34-17-26(30)29-24(21-12-14-22(32-2)15-13-21)16-23(28-29)20-9-4-3-5-10-20/h3-15,24H,16-18H2,1-2H3. The summed E-state index contributed by atoms with van der Waals surface area (Å²) in [5.74, 6) is 0.299. The van der Waals surface area contributed by atoms with E-state index < -0.39 is 18.5 Å². The average molecular weight is 459 g/mol. The zero-order valence-electron chi connectivity index (χ0n) is 19.1. The molecule has 174 valence electrons. The number of hydrogen-bond acceptors (Lipinski definition) is 6. The van der Waals surface area contributed by atoms with Crippen molar-refractivity contribution in [3.05, 3.63) is 95.6 Å². The fourth-order valence-corrected chi connectivity index (χ4v) is 3.74. The SMILES string of the molecule is COc1ccc(C2CC(c3ccccc3)=NN2C(=O)COC(=O)COc2ccccc2C)cc1. The Kier molecular flexibility index (Phi) is 7.22. The summed E-state index contributed by atoms with van der Waals surface area (Å²) >= 11 is 0. The Morgan fingerprint density at radius 1 is 0.941 bits per heavy atom. The predicted octanol–water partition coefficient (Wildman–Crippen LogP) is 4.30. The van der Waals surface area contributed by atoms with Gasteiger partial charge in [0, 0.05) is 6.42 Å². The maximum absolute atomic E-state index is 13.0. The van der Waals surface area contributed by atoms with Crippen molar-refractivity contribution >= 4 is 17.6 Å². The van der Waals surface area contributed by atoms with Crippen LogP contribution in [0.25, 0.3) is 0 Å².